The normalized spacial score (nSPS) is 22.9. The molecule has 4 nitrogen and oxygen atoms in total. The number of carbonyl (C=O) groups excluding carboxylic acids is 1. The number of rotatable bonds is 2. The van der Waals surface area contributed by atoms with E-state index >= 15 is 0 Å². The number of aromatic amines is 1. The SMILES string of the molecule is Cc1ccc(C(=O)N[C@H]2CCC[C@H](C(F)(F)F)C2)c(=O)[nH]1. The molecule has 1 aromatic rings. The summed E-state index contributed by atoms with van der Waals surface area (Å²) in [5.41, 5.74) is 0.0109. The molecule has 2 rings (SSSR count). The Kier molecular flexibility index (Phi) is 4.39. The fraction of sp³-hybridized carbons (Fsp3) is 0.571. The van der Waals surface area contributed by atoms with Crippen LogP contribution in [-0.4, -0.2) is 23.1 Å². The fourth-order valence-corrected chi connectivity index (χ4v) is 2.63. The van der Waals surface area contributed by atoms with E-state index in [4.69, 9.17) is 0 Å². The highest BCUT2D eigenvalue weighted by Gasteiger charge is 2.42. The second-order valence-corrected chi connectivity index (χ2v) is 5.46. The Morgan fingerprint density at radius 3 is 2.67 bits per heavy atom. The predicted molar refractivity (Wildman–Crippen MR) is 71.1 cm³/mol. The quantitative estimate of drug-likeness (QED) is 0.882. The Morgan fingerprint density at radius 1 is 1.33 bits per heavy atom. The smallest absolute Gasteiger partial charge is 0.349 e. The van der Waals surface area contributed by atoms with E-state index in [1.807, 2.05) is 0 Å². The number of pyridine rings is 1. The maximum absolute atomic E-state index is 12.7. The number of alkyl halides is 3. The summed E-state index contributed by atoms with van der Waals surface area (Å²) in [6.45, 7) is 1.68. The average Bonchev–Trinajstić information content (AvgIpc) is 2.37. The van der Waals surface area contributed by atoms with Crippen LogP contribution in [0, 0.1) is 12.8 Å². The van der Waals surface area contributed by atoms with Crippen LogP contribution in [0.25, 0.3) is 0 Å². The predicted octanol–water partition coefficient (Wildman–Crippen LogP) is 2.53. The molecule has 116 valence electrons. The number of halogens is 3. The van der Waals surface area contributed by atoms with Crippen LogP contribution < -0.4 is 10.9 Å². The molecule has 7 heteroatoms. The van der Waals surface area contributed by atoms with E-state index in [0.717, 1.165) is 0 Å². The van der Waals surface area contributed by atoms with Crippen LogP contribution >= 0.6 is 0 Å². The first-order valence-electron chi connectivity index (χ1n) is 6.85. The van der Waals surface area contributed by atoms with Crippen molar-refractivity contribution < 1.29 is 18.0 Å². The largest absolute Gasteiger partial charge is 0.391 e. The molecule has 1 fully saturated rings. The molecule has 1 amide bonds. The maximum atomic E-state index is 12.7. The number of amides is 1. The van der Waals surface area contributed by atoms with Gasteiger partial charge in [-0.25, -0.2) is 0 Å². The van der Waals surface area contributed by atoms with Crippen molar-refractivity contribution in [1.82, 2.24) is 10.3 Å². The Labute approximate surface area is 119 Å². The summed E-state index contributed by atoms with van der Waals surface area (Å²) in [6.07, 6.45) is -3.34. The molecule has 0 aliphatic heterocycles. The zero-order valence-electron chi connectivity index (χ0n) is 11.6. The molecule has 0 unspecified atom stereocenters. The van der Waals surface area contributed by atoms with Gasteiger partial charge in [-0.05, 0) is 38.3 Å². The van der Waals surface area contributed by atoms with Gasteiger partial charge < -0.3 is 10.3 Å². The van der Waals surface area contributed by atoms with Gasteiger partial charge in [-0.1, -0.05) is 6.42 Å². The summed E-state index contributed by atoms with van der Waals surface area (Å²) in [5.74, 6) is -2.00. The Hall–Kier alpha value is -1.79. The van der Waals surface area contributed by atoms with Gasteiger partial charge in [0.15, 0.2) is 0 Å². The summed E-state index contributed by atoms with van der Waals surface area (Å²) >= 11 is 0. The van der Waals surface area contributed by atoms with Crippen molar-refractivity contribution in [2.75, 3.05) is 0 Å². The first-order valence-corrected chi connectivity index (χ1v) is 6.85. The van der Waals surface area contributed by atoms with Crippen LogP contribution in [0.1, 0.15) is 41.7 Å². The van der Waals surface area contributed by atoms with Crippen LogP contribution in [0.5, 0.6) is 0 Å². The minimum absolute atomic E-state index is 0.0743. The van der Waals surface area contributed by atoms with Crippen LogP contribution in [-0.2, 0) is 0 Å². The number of hydrogen-bond donors (Lipinski definition) is 2. The van der Waals surface area contributed by atoms with Gasteiger partial charge in [0.1, 0.15) is 5.56 Å². The minimum atomic E-state index is -4.23. The topological polar surface area (TPSA) is 62.0 Å². The lowest BCUT2D eigenvalue weighted by atomic mass is 9.85. The molecule has 0 spiro atoms. The molecule has 1 aliphatic carbocycles. The van der Waals surface area contributed by atoms with Crippen molar-refractivity contribution in [3.8, 4) is 0 Å². The molecule has 1 saturated carbocycles. The summed E-state index contributed by atoms with van der Waals surface area (Å²) in [7, 11) is 0. The van der Waals surface area contributed by atoms with Crippen molar-refractivity contribution in [2.24, 2.45) is 5.92 Å². The molecule has 0 aromatic carbocycles. The van der Waals surface area contributed by atoms with Gasteiger partial charge in [-0.15, -0.1) is 0 Å². The monoisotopic (exact) mass is 302 g/mol. The van der Waals surface area contributed by atoms with Crippen LogP contribution in [0.15, 0.2) is 16.9 Å². The van der Waals surface area contributed by atoms with E-state index < -0.39 is 29.6 Å². The second kappa shape index (κ2) is 5.91. The first-order chi connectivity index (χ1) is 9.77. The second-order valence-electron chi connectivity index (χ2n) is 5.46. The molecule has 1 aliphatic rings. The maximum Gasteiger partial charge on any atom is 0.391 e. The highest BCUT2D eigenvalue weighted by Crippen LogP contribution is 2.37. The van der Waals surface area contributed by atoms with Gasteiger partial charge in [0, 0.05) is 11.7 Å². The van der Waals surface area contributed by atoms with Gasteiger partial charge in [-0.3, -0.25) is 9.59 Å². The lowest BCUT2D eigenvalue weighted by molar-refractivity contribution is -0.183. The van der Waals surface area contributed by atoms with Crippen LogP contribution in [0.2, 0.25) is 0 Å². The molecule has 0 saturated heterocycles. The standard InChI is InChI=1S/C14H17F3N2O2/c1-8-5-6-11(12(20)18-8)13(21)19-10-4-2-3-9(7-10)14(15,16)17/h5-6,9-10H,2-4,7H2,1H3,(H,18,20)(H,19,21)/t9-,10-/m0/s1. The van der Waals surface area contributed by atoms with E-state index in [1.54, 1.807) is 13.0 Å². The summed E-state index contributed by atoms with van der Waals surface area (Å²) in [5, 5.41) is 2.54. The summed E-state index contributed by atoms with van der Waals surface area (Å²) in [4.78, 5) is 26.1. The zero-order chi connectivity index (χ0) is 15.6. The molecule has 0 bridgehead atoms. The van der Waals surface area contributed by atoms with Crippen molar-refractivity contribution in [3.63, 3.8) is 0 Å². The Balaban J connectivity index is 2.04. The van der Waals surface area contributed by atoms with Gasteiger partial charge in [-0.2, -0.15) is 13.2 Å². The van der Waals surface area contributed by atoms with Gasteiger partial charge in [0.05, 0.1) is 5.92 Å². The van der Waals surface area contributed by atoms with Gasteiger partial charge in [0.2, 0.25) is 0 Å². The van der Waals surface area contributed by atoms with Crippen molar-refractivity contribution in [3.05, 3.63) is 33.7 Å². The van der Waals surface area contributed by atoms with Crippen LogP contribution in [0.4, 0.5) is 13.2 Å². The third-order valence-corrected chi connectivity index (χ3v) is 3.77. The number of H-pyrrole nitrogens is 1. The van der Waals surface area contributed by atoms with Crippen molar-refractivity contribution >= 4 is 5.91 Å². The molecule has 2 atom stereocenters. The molecule has 2 N–H and O–H groups in total. The number of aromatic nitrogens is 1. The van der Waals surface area contributed by atoms with Crippen molar-refractivity contribution in [1.29, 1.82) is 0 Å². The third-order valence-electron chi connectivity index (χ3n) is 3.77. The third kappa shape index (κ3) is 3.86. The summed E-state index contributed by atoms with van der Waals surface area (Å²) in [6, 6.07) is 2.42. The molecule has 21 heavy (non-hydrogen) atoms. The fourth-order valence-electron chi connectivity index (χ4n) is 2.63. The van der Waals surface area contributed by atoms with Crippen molar-refractivity contribution in [2.45, 2.75) is 44.8 Å². The van der Waals surface area contributed by atoms with E-state index in [-0.39, 0.29) is 18.4 Å². The van der Waals surface area contributed by atoms with E-state index in [1.165, 1.54) is 6.07 Å². The summed E-state index contributed by atoms with van der Waals surface area (Å²) < 4.78 is 38.1. The lowest BCUT2D eigenvalue weighted by Gasteiger charge is -2.30. The van der Waals surface area contributed by atoms with E-state index in [2.05, 4.69) is 10.3 Å². The molecular weight excluding hydrogens is 285 g/mol. The van der Waals surface area contributed by atoms with E-state index in [9.17, 15) is 22.8 Å². The van der Waals surface area contributed by atoms with Crippen LogP contribution in [0.3, 0.4) is 0 Å². The zero-order valence-corrected chi connectivity index (χ0v) is 11.6. The molecule has 1 aromatic heterocycles. The lowest BCUT2D eigenvalue weighted by Crippen LogP contribution is -2.42. The number of aryl methyl sites for hydroxylation is 1. The van der Waals surface area contributed by atoms with Gasteiger partial charge >= 0.3 is 6.18 Å². The number of nitrogens with one attached hydrogen (secondary N) is 2. The Morgan fingerprint density at radius 2 is 2.05 bits per heavy atom. The highest BCUT2D eigenvalue weighted by atomic mass is 19.4. The minimum Gasteiger partial charge on any atom is -0.349 e. The number of hydrogen-bond acceptors (Lipinski definition) is 2. The first kappa shape index (κ1) is 15.6. The average molecular weight is 302 g/mol. The molecule has 0 radical (unpaired) electrons. The Bertz CT molecular complexity index is 580. The highest BCUT2D eigenvalue weighted by molar-refractivity contribution is 5.93. The number of carbonyl (C=O) groups is 1. The molecular formula is C14H17F3N2O2. The van der Waals surface area contributed by atoms with Gasteiger partial charge in [0.25, 0.3) is 11.5 Å². The molecule has 1 heterocycles. The van der Waals surface area contributed by atoms with E-state index in [0.29, 0.717) is 18.5 Å².